The van der Waals surface area contributed by atoms with E-state index in [1.165, 1.54) is 6.42 Å². The van der Waals surface area contributed by atoms with Crippen LogP contribution in [-0.2, 0) is 17.7 Å². The molecule has 0 radical (unpaired) electrons. The topological polar surface area (TPSA) is 27.1 Å². The van der Waals surface area contributed by atoms with Crippen molar-refractivity contribution in [3.8, 4) is 0 Å². The Labute approximate surface area is 142 Å². The summed E-state index contributed by atoms with van der Waals surface area (Å²) < 4.78 is 22.4. The normalized spacial score (nSPS) is 19.3. The summed E-state index contributed by atoms with van der Waals surface area (Å²) in [6.45, 7) is 1.54. The van der Waals surface area contributed by atoms with Gasteiger partial charge in [0.15, 0.2) is 0 Å². The van der Waals surface area contributed by atoms with Gasteiger partial charge in [-0.15, -0.1) is 11.6 Å². The lowest BCUT2D eigenvalue weighted by atomic mass is 10.1. The zero-order valence-corrected chi connectivity index (χ0v) is 14.5. The van der Waals surface area contributed by atoms with Crippen molar-refractivity contribution in [2.45, 2.75) is 38.3 Å². The minimum absolute atomic E-state index is 0.188. The summed E-state index contributed by atoms with van der Waals surface area (Å²) >= 11 is 7.88. The molecule has 21 heavy (non-hydrogen) atoms. The number of halogens is 3. The zero-order valence-electron chi connectivity index (χ0n) is 11.6. The van der Waals surface area contributed by atoms with Gasteiger partial charge in [0.1, 0.15) is 11.6 Å². The fourth-order valence-corrected chi connectivity index (χ4v) is 3.42. The van der Waals surface area contributed by atoms with Crippen molar-refractivity contribution < 1.29 is 9.13 Å². The number of nitrogens with zero attached hydrogens (tertiary/aromatic N) is 2. The number of rotatable bonds is 4. The van der Waals surface area contributed by atoms with Crippen LogP contribution in [0.2, 0.25) is 0 Å². The molecule has 0 saturated carbocycles. The zero-order chi connectivity index (χ0) is 14.8. The summed E-state index contributed by atoms with van der Waals surface area (Å²) in [5, 5.41) is 0. The van der Waals surface area contributed by atoms with E-state index in [-0.39, 0.29) is 11.9 Å². The largest absolute Gasteiger partial charge is 0.376 e. The summed E-state index contributed by atoms with van der Waals surface area (Å²) in [5.74, 6) is 1.22. The summed E-state index contributed by atoms with van der Waals surface area (Å²) in [6, 6.07) is 3.37. The third kappa shape index (κ3) is 3.35. The third-order valence-corrected chi connectivity index (χ3v) is 4.86. The second-order valence-corrected chi connectivity index (χ2v) is 6.86. The summed E-state index contributed by atoms with van der Waals surface area (Å²) in [4.78, 5) is 4.62. The summed E-state index contributed by atoms with van der Waals surface area (Å²) in [6.07, 6.45) is 4.23. The number of ether oxygens (including phenoxy) is 1. The number of aryl methyl sites for hydroxylation is 1. The molecule has 1 atom stereocenters. The Morgan fingerprint density at radius 3 is 3.00 bits per heavy atom. The quantitative estimate of drug-likeness (QED) is 0.547. The van der Waals surface area contributed by atoms with Crippen LogP contribution in [0.1, 0.15) is 25.1 Å². The van der Waals surface area contributed by atoms with Gasteiger partial charge in [0.05, 0.1) is 27.3 Å². The van der Waals surface area contributed by atoms with E-state index in [1.807, 2.05) is 22.6 Å². The van der Waals surface area contributed by atoms with Gasteiger partial charge >= 0.3 is 0 Å². The number of hydrogen-bond donors (Lipinski definition) is 0. The van der Waals surface area contributed by atoms with Gasteiger partial charge in [-0.05, 0) is 47.9 Å². The Morgan fingerprint density at radius 1 is 1.43 bits per heavy atom. The molecule has 1 unspecified atom stereocenters. The maximum atomic E-state index is 13.9. The molecule has 2 aromatic rings. The highest BCUT2D eigenvalue weighted by molar-refractivity contribution is 14.1. The maximum Gasteiger partial charge on any atom is 0.138 e. The Kier molecular flexibility index (Phi) is 5.01. The molecule has 1 saturated heterocycles. The van der Waals surface area contributed by atoms with Crippen molar-refractivity contribution in [1.82, 2.24) is 9.55 Å². The molecule has 6 heteroatoms. The van der Waals surface area contributed by atoms with E-state index in [0.29, 0.717) is 15.9 Å². The minimum Gasteiger partial charge on any atom is -0.376 e. The van der Waals surface area contributed by atoms with Crippen molar-refractivity contribution in [3.63, 3.8) is 0 Å². The Bertz CT molecular complexity index is 640. The number of fused-ring (bicyclic) bond motifs is 1. The van der Waals surface area contributed by atoms with Crippen LogP contribution in [0.4, 0.5) is 4.39 Å². The lowest BCUT2D eigenvalue weighted by Gasteiger charge is -2.24. The number of hydrogen-bond acceptors (Lipinski definition) is 2. The molecule has 1 aromatic heterocycles. The van der Waals surface area contributed by atoms with Crippen LogP contribution in [0.3, 0.4) is 0 Å². The predicted molar refractivity (Wildman–Crippen MR) is 90.4 cm³/mol. The molecular weight excluding hydrogens is 406 g/mol. The first-order valence-electron chi connectivity index (χ1n) is 7.21. The van der Waals surface area contributed by atoms with E-state index in [0.717, 1.165) is 42.9 Å². The molecule has 0 bridgehead atoms. The summed E-state index contributed by atoms with van der Waals surface area (Å²) in [5.41, 5.74) is 1.67. The average Bonchev–Trinajstić information content (AvgIpc) is 2.79. The van der Waals surface area contributed by atoms with Crippen molar-refractivity contribution in [1.29, 1.82) is 0 Å². The first-order valence-corrected chi connectivity index (χ1v) is 8.82. The molecule has 0 amide bonds. The number of benzene rings is 1. The molecule has 1 aromatic carbocycles. The van der Waals surface area contributed by atoms with Crippen LogP contribution in [0.25, 0.3) is 11.0 Å². The lowest BCUT2D eigenvalue weighted by molar-refractivity contribution is 0.00621. The number of aromatic nitrogens is 2. The van der Waals surface area contributed by atoms with Crippen molar-refractivity contribution in [2.24, 2.45) is 0 Å². The predicted octanol–water partition coefficient (Wildman–Crippen LogP) is 4.13. The highest BCUT2D eigenvalue weighted by Crippen LogP contribution is 2.24. The molecule has 1 fully saturated rings. The Hall–Kier alpha value is -0.400. The van der Waals surface area contributed by atoms with Gasteiger partial charge in [0.2, 0.25) is 0 Å². The molecule has 0 N–H and O–H groups in total. The minimum atomic E-state index is -0.203. The summed E-state index contributed by atoms with van der Waals surface area (Å²) in [7, 11) is 0. The Balaban J connectivity index is 2.00. The molecule has 1 aliphatic rings. The van der Waals surface area contributed by atoms with E-state index in [4.69, 9.17) is 16.3 Å². The molecule has 114 valence electrons. The monoisotopic (exact) mass is 422 g/mol. The standard InChI is InChI=1S/C15H17ClFIN2O/c16-5-4-15-19-13-8-12(18)11(17)7-14(13)20(15)9-10-3-1-2-6-21-10/h7-8,10H,1-6,9H2. The van der Waals surface area contributed by atoms with Crippen LogP contribution in [-0.4, -0.2) is 28.1 Å². The molecule has 3 nitrogen and oxygen atoms in total. The van der Waals surface area contributed by atoms with E-state index >= 15 is 0 Å². The van der Waals surface area contributed by atoms with Crippen LogP contribution in [0.5, 0.6) is 0 Å². The van der Waals surface area contributed by atoms with E-state index in [2.05, 4.69) is 9.55 Å². The third-order valence-electron chi connectivity index (χ3n) is 3.85. The van der Waals surface area contributed by atoms with Gasteiger partial charge in [-0.25, -0.2) is 9.37 Å². The SMILES string of the molecule is Fc1cc2c(cc1I)nc(CCCl)n2CC1CCCCO1. The van der Waals surface area contributed by atoms with Gasteiger partial charge in [-0.3, -0.25) is 0 Å². The first-order chi connectivity index (χ1) is 10.2. The van der Waals surface area contributed by atoms with Crippen molar-refractivity contribution in [2.75, 3.05) is 12.5 Å². The number of alkyl halides is 1. The second-order valence-electron chi connectivity index (χ2n) is 5.32. The van der Waals surface area contributed by atoms with Crippen molar-refractivity contribution in [3.05, 3.63) is 27.3 Å². The fraction of sp³-hybridized carbons (Fsp3) is 0.533. The Morgan fingerprint density at radius 2 is 2.29 bits per heavy atom. The van der Waals surface area contributed by atoms with Crippen LogP contribution in [0, 0.1) is 9.39 Å². The van der Waals surface area contributed by atoms with Gasteiger partial charge in [0, 0.05) is 25.0 Å². The van der Waals surface area contributed by atoms with E-state index in [9.17, 15) is 4.39 Å². The van der Waals surface area contributed by atoms with Gasteiger partial charge < -0.3 is 9.30 Å². The lowest BCUT2D eigenvalue weighted by Crippen LogP contribution is -2.25. The molecule has 1 aliphatic heterocycles. The fourth-order valence-electron chi connectivity index (χ4n) is 2.80. The molecule has 2 heterocycles. The first kappa shape index (κ1) is 15.5. The van der Waals surface area contributed by atoms with Crippen LogP contribution >= 0.6 is 34.2 Å². The molecule has 3 rings (SSSR count). The average molecular weight is 423 g/mol. The van der Waals surface area contributed by atoms with E-state index < -0.39 is 0 Å². The second kappa shape index (κ2) is 6.79. The molecule has 0 spiro atoms. The van der Waals surface area contributed by atoms with Crippen molar-refractivity contribution >= 4 is 45.2 Å². The molecule has 0 aliphatic carbocycles. The van der Waals surface area contributed by atoms with Gasteiger partial charge in [-0.2, -0.15) is 0 Å². The van der Waals surface area contributed by atoms with E-state index in [1.54, 1.807) is 12.1 Å². The van der Waals surface area contributed by atoms with Crippen LogP contribution < -0.4 is 0 Å². The van der Waals surface area contributed by atoms with Gasteiger partial charge in [-0.1, -0.05) is 0 Å². The molecular formula is C15H17ClFIN2O. The number of imidazole rings is 1. The smallest absolute Gasteiger partial charge is 0.138 e. The van der Waals surface area contributed by atoms with Crippen LogP contribution in [0.15, 0.2) is 12.1 Å². The highest BCUT2D eigenvalue weighted by atomic mass is 127. The van der Waals surface area contributed by atoms with Gasteiger partial charge in [0.25, 0.3) is 0 Å². The highest BCUT2D eigenvalue weighted by Gasteiger charge is 2.19. The maximum absolute atomic E-state index is 13.9.